The third kappa shape index (κ3) is 3.79. The summed E-state index contributed by atoms with van der Waals surface area (Å²) in [7, 11) is 0. The van der Waals surface area contributed by atoms with Gasteiger partial charge in [-0.3, -0.25) is 9.78 Å². The number of piperazine rings is 1. The molecule has 1 aliphatic heterocycles. The molecular formula is C21H21N5O. The molecular weight excluding hydrogens is 338 g/mol. The number of nitrogens with zero attached hydrogens (tertiary/aromatic N) is 5. The number of benzene rings is 1. The van der Waals surface area contributed by atoms with E-state index in [1.54, 1.807) is 24.7 Å². The van der Waals surface area contributed by atoms with Crippen LogP contribution in [-0.2, 0) is 0 Å². The fourth-order valence-corrected chi connectivity index (χ4v) is 3.16. The minimum atomic E-state index is -0.0286. The van der Waals surface area contributed by atoms with Crippen LogP contribution in [0.25, 0.3) is 11.1 Å². The smallest absolute Gasteiger partial charge is 0.272 e. The Morgan fingerprint density at radius 3 is 2.15 bits per heavy atom. The van der Waals surface area contributed by atoms with Gasteiger partial charge in [-0.2, -0.15) is 0 Å². The molecule has 1 fully saturated rings. The van der Waals surface area contributed by atoms with E-state index in [2.05, 4.69) is 51.0 Å². The molecule has 1 aromatic carbocycles. The van der Waals surface area contributed by atoms with Crippen LogP contribution in [0, 0.1) is 6.92 Å². The van der Waals surface area contributed by atoms with Gasteiger partial charge in [0.15, 0.2) is 0 Å². The highest BCUT2D eigenvalue weighted by atomic mass is 16.2. The van der Waals surface area contributed by atoms with Crippen LogP contribution in [0.1, 0.15) is 16.1 Å². The Bertz CT molecular complexity index is 902. The molecule has 6 heteroatoms. The maximum absolute atomic E-state index is 12.7. The Morgan fingerprint density at radius 1 is 0.852 bits per heavy atom. The average Bonchev–Trinajstić information content (AvgIpc) is 2.75. The van der Waals surface area contributed by atoms with Crippen molar-refractivity contribution in [2.45, 2.75) is 6.92 Å². The first-order valence-corrected chi connectivity index (χ1v) is 9.05. The largest absolute Gasteiger partial charge is 0.337 e. The fourth-order valence-electron chi connectivity index (χ4n) is 3.16. The highest BCUT2D eigenvalue weighted by Gasteiger charge is 2.24. The average molecular weight is 359 g/mol. The number of hydrogen-bond acceptors (Lipinski definition) is 5. The lowest BCUT2D eigenvalue weighted by molar-refractivity contribution is 0.0740. The number of hydrogen-bond donors (Lipinski definition) is 0. The normalized spacial score (nSPS) is 14.3. The van der Waals surface area contributed by atoms with Crippen LogP contribution in [-0.4, -0.2) is 51.9 Å². The maximum atomic E-state index is 12.7. The molecule has 0 atom stereocenters. The minimum absolute atomic E-state index is 0.0286. The molecule has 0 aliphatic carbocycles. The minimum Gasteiger partial charge on any atom is -0.337 e. The summed E-state index contributed by atoms with van der Waals surface area (Å²) >= 11 is 0. The lowest BCUT2D eigenvalue weighted by Crippen LogP contribution is -2.49. The molecule has 1 amide bonds. The molecule has 3 aromatic rings. The van der Waals surface area contributed by atoms with Gasteiger partial charge in [-0.05, 0) is 24.6 Å². The molecule has 0 radical (unpaired) electrons. The molecule has 0 unspecified atom stereocenters. The van der Waals surface area contributed by atoms with Crippen molar-refractivity contribution in [1.82, 2.24) is 19.9 Å². The lowest BCUT2D eigenvalue weighted by atomic mass is 10.1. The molecule has 0 saturated carbocycles. The van der Waals surface area contributed by atoms with Crippen molar-refractivity contribution < 1.29 is 4.79 Å². The zero-order chi connectivity index (χ0) is 18.6. The van der Waals surface area contributed by atoms with Crippen molar-refractivity contribution in [2.75, 3.05) is 31.1 Å². The number of carbonyl (C=O) groups is 1. The summed E-state index contributed by atoms with van der Waals surface area (Å²) in [6.45, 7) is 4.78. The van der Waals surface area contributed by atoms with E-state index in [0.29, 0.717) is 24.7 Å². The molecule has 0 spiro atoms. The number of aromatic nitrogens is 3. The molecule has 136 valence electrons. The van der Waals surface area contributed by atoms with E-state index in [9.17, 15) is 4.79 Å². The second kappa shape index (κ2) is 7.53. The Balaban J connectivity index is 1.41. The van der Waals surface area contributed by atoms with Gasteiger partial charge in [0.1, 0.15) is 5.69 Å². The van der Waals surface area contributed by atoms with Gasteiger partial charge in [0.05, 0.1) is 0 Å². The van der Waals surface area contributed by atoms with Gasteiger partial charge in [-0.25, -0.2) is 9.97 Å². The zero-order valence-corrected chi connectivity index (χ0v) is 15.2. The van der Waals surface area contributed by atoms with Crippen molar-refractivity contribution >= 4 is 11.9 Å². The van der Waals surface area contributed by atoms with Crippen molar-refractivity contribution in [3.05, 3.63) is 72.3 Å². The maximum Gasteiger partial charge on any atom is 0.272 e. The van der Waals surface area contributed by atoms with Gasteiger partial charge in [0.25, 0.3) is 5.91 Å². The van der Waals surface area contributed by atoms with Crippen LogP contribution in [0.4, 0.5) is 5.95 Å². The van der Waals surface area contributed by atoms with Crippen LogP contribution in [0.5, 0.6) is 0 Å². The van der Waals surface area contributed by atoms with Crippen LogP contribution < -0.4 is 4.90 Å². The molecule has 1 saturated heterocycles. The lowest BCUT2D eigenvalue weighted by Gasteiger charge is -2.34. The number of amides is 1. The Labute approximate surface area is 158 Å². The third-order valence-electron chi connectivity index (χ3n) is 4.77. The van der Waals surface area contributed by atoms with E-state index in [4.69, 9.17) is 0 Å². The zero-order valence-electron chi connectivity index (χ0n) is 15.2. The fraction of sp³-hybridized carbons (Fsp3) is 0.238. The Hall–Kier alpha value is -3.28. The highest BCUT2D eigenvalue weighted by molar-refractivity contribution is 5.92. The first-order chi connectivity index (χ1) is 13.2. The van der Waals surface area contributed by atoms with Gasteiger partial charge in [-0.15, -0.1) is 0 Å². The molecule has 2 aromatic heterocycles. The summed E-state index contributed by atoms with van der Waals surface area (Å²) in [4.78, 5) is 29.6. The quantitative estimate of drug-likeness (QED) is 0.720. The molecule has 27 heavy (non-hydrogen) atoms. The van der Waals surface area contributed by atoms with Crippen molar-refractivity contribution in [3.63, 3.8) is 0 Å². The summed E-state index contributed by atoms with van der Waals surface area (Å²) in [5, 5.41) is 0. The summed E-state index contributed by atoms with van der Waals surface area (Å²) in [5.41, 5.74) is 3.81. The Kier molecular flexibility index (Phi) is 4.78. The molecule has 3 heterocycles. The molecule has 1 aliphatic rings. The van der Waals surface area contributed by atoms with E-state index in [1.165, 1.54) is 5.56 Å². The number of pyridine rings is 1. The highest BCUT2D eigenvalue weighted by Crippen LogP contribution is 2.19. The van der Waals surface area contributed by atoms with E-state index in [-0.39, 0.29) is 5.91 Å². The summed E-state index contributed by atoms with van der Waals surface area (Å²) in [5.74, 6) is 0.685. The molecule has 0 bridgehead atoms. The van der Waals surface area contributed by atoms with Crippen molar-refractivity contribution in [2.24, 2.45) is 0 Å². The number of rotatable bonds is 3. The first-order valence-electron chi connectivity index (χ1n) is 9.05. The standard InChI is InChI=1S/C21H21N5O/c1-16-3-5-17(6-4-16)18-7-8-19(24-15-18)20(27)25-11-13-26(14-12-25)21-22-9-2-10-23-21/h2-10,15H,11-14H2,1H3. The van der Waals surface area contributed by atoms with E-state index in [0.717, 1.165) is 24.2 Å². The Morgan fingerprint density at radius 2 is 1.52 bits per heavy atom. The van der Waals surface area contributed by atoms with Crippen LogP contribution in [0.2, 0.25) is 0 Å². The van der Waals surface area contributed by atoms with Crippen LogP contribution in [0.15, 0.2) is 61.1 Å². The van der Waals surface area contributed by atoms with Gasteiger partial charge >= 0.3 is 0 Å². The summed E-state index contributed by atoms with van der Waals surface area (Å²) in [6.07, 6.45) is 5.24. The van der Waals surface area contributed by atoms with Gasteiger partial charge < -0.3 is 9.80 Å². The van der Waals surface area contributed by atoms with Crippen LogP contribution in [0.3, 0.4) is 0 Å². The molecule has 0 N–H and O–H groups in total. The topological polar surface area (TPSA) is 62.2 Å². The number of carbonyl (C=O) groups excluding carboxylic acids is 1. The van der Waals surface area contributed by atoms with Crippen molar-refractivity contribution in [1.29, 1.82) is 0 Å². The van der Waals surface area contributed by atoms with E-state index < -0.39 is 0 Å². The summed E-state index contributed by atoms with van der Waals surface area (Å²) < 4.78 is 0. The second-order valence-corrected chi connectivity index (χ2v) is 6.63. The second-order valence-electron chi connectivity index (χ2n) is 6.63. The van der Waals surface area contributed by atoms with E-state index >= 15 is 0 Å². The van der Waals surface area contributed by atoms with Crippen molar-refractivity contribution in [3.8, 4) is 11.1 Å². The predicted octanol–water partition coefficient (Wildman–Crippen LogP) is 2.81. The molecule has 6 nitrogen and oxygen atoms in total. The third-order valence-corrected chi connectivity index (χ3v) is 4.77. The monoisotopic (exact) mass is 359 g/mol. The van der Waals surface area contributed by atoms with E-state index in [1.807, 2.05) is 17.0 Å². The first kappa shape index (κ1) is 17.1. The number of aryl methyl sites for hydroxylation is 1. The molecule has 4 rings (SSSR count). The van der Waals surface area contributed by atoms with Gasteiger partial charge in [0, 0.05) is 50.3 Å². The van der Waals surface area contributed by atoms with Gasteiger partial charge in [0.2, 0.25) is 5.95 Å². The summed E-state index contributed by atoms with van der Waals surface area (Å²) in [6, 6.07) is 13.9. The predicted molar refractivity (Wildman–Crippen MR) is 105 cm³/mol. The number of anilines is 1. The van der Waals surface area contributed by atoms with Gasteiger partial charge in [-0.1, -0.05) is 35.9 Å². The SMILES string of the molecule is Cc1ccc(-c2ccc(C(=O)N3CCN(c4ncccn4)CC3)nc2)cc1. The van der Waals surface area contributed by atoms with Crippen LogP contribution >= 0.6 is 0 Å².